The van der Waals surface area contributed by atoms with Gasteiger partial charge in [-0.15, -0.1) is 0 Å². The maximum atomic E-state index is 13.2. The van der Waals surface area contributed by atoms with Gasteiger partial charge in [-0.3, -0.25) is 4.79 Å². The van der Waals surface area contributed by atoms with Crippen LogP contribution < -0.4 is 15.0 Å². The first-order chi connectivity index (χ1) is 15.1. The van der Waals surface area contributed by atoms with Gasteiger partial charge >= 0.3 is 0 Å². The monoisotopic (exact) mass is 440 g/mol. The van der Waals surface area contributed by atoms with Crippen molar-refractivity contribution in [1.82, 2.24) is 15.3 Å². The van der Waals surface area contributed by atoms with Crippen molar-refractivity contribution in [2.45, 2.75) is 25.8 Å². The number of amides is 1. The summed E-state index contributed by atoms with van der Waals surface area (Å²) in [5.41, 5.74) is 1.20. The van der Waals surface area contributed by atoms with Crippen molar-refractivity contribution in [3.05, 3.63) is 76.8 Å². The van der Waals surface area contributed by atoms with Gasteiger partial charge in [-0.25, -0.2) is 14.4 Å². The van der Waals surface area contributed by atoms with E-state index in [0.29, 0.717) is 22.8 Å². The molecule has 0 atom stereocenters. The highest BCUT2D eigenvalue weighted by molar-refractivity contribution is 6.30. The third-order valence-electron chi connectivity index (χ3n) is 5.07. The number of piperidine rings is 1. The Hall–Kier alpha value is -3.19. The van der Waals surface area contributed by atoms with E-state index < -0.39 is 5.82 Å². The van der Waals surface area contributed by atoms with E-state index in [4.69, 9.17) is 16.3 Å². The van der Waals surface area contributed by atoms with Gasteiger partial charge in [-0.1, -0.05) is 17.7 Å². The standard InChI is InChI=1S/C23H22ClFN4O2/c24-19-14-16(4-9-20(19)25)15-28-22(30)17-5-7-18(8-6-17)31-23-21(26-10-11-27-23)29-12-2-1-3-13-29/h4-11,14H,1-3,12-13,15H2,(H,28,30). The first-order valence-corrected chi connectivity index (χ1v) is 10.5. The number of carbonyl (C=O) groups is 1. The van der Waals surface area contributed by atoms with Crippen LogP contribution in [0.4, 0.5) is 10.2 Å². The van der Waals surface area contributed by atoms with Crippen LogP contribution in [0.1, 0.15) is 35.2 Å². The smallest absolute Gasteiger partial charge is 0.263 e. The molecule has 0 bridgehead atoms. The van der Waals surface area contributed by atoms with E-state index in [0.717, 1.165) is 31.7 Å². The highest BCUT2D eigenvalue weighted by Gasteiger charge is 2.18. The molecular weight excluding hydrogens is 419 g/mol. The molecule has 8 heteroatoms. The van der Waals surface area contributed by atoms with E-state index in [1.165, 1.54) is 18.6 Å². The average Bonchev–Trinajstić information content (AvgIpc) is 2.81. The first-order valence-electron chi connectivity index (χ1n) is 10.2. The second-order valence-corrected chi connectivity index (χ2v) is 7.70. The molecule has 0 saturated carbocycles. The molecule has 1 aromatic heterocycles. The molecule has 0 unspecified atom stereocenters. The number of nitrogens with zero attached hydrogens (tertiary/aromatic N) is 3. The summed E-state index contributed by atoms with van der Waals surface area (Å²) in [7, 11) is 0. The summed E-state index contributed by atoms with van der Waals surface area (Å²) >= 11 is 5.78. The van der Waals surface area contributed by atoms with Crippen LogP contribution in [0.2, 0.25) is 5.02 Å². The molecule has 1 aliphatic rings. The van der Waals surface area contributed by atoms with Gasteiger partial charge in [0.2, 0.25) is 0 Å². The second kappa shape index (κ2) is 9.75. The molecule has 2 aromatic carbocycles. The van der Waals surface area contributed by atoms with Gasteiger partial charge in [0, 0.05) is 37.6 Å². The lowest BCUT2D eigenvalue weighted by molar-refractivity contribution is 0.0951. The summed E-state index contributed by atoms with van der Waals surface area (Å²) in [6, 6.07) is 11.2. The number of hydrogen-bond acceptors (Lipinski definition) is 5. The fourth-order valence-electron chi connectivity index (χ4n) is 3.43. The third-order valence-corrected chi connectivity index (χ3v) is 5.36. The van der Waals surface area contributed by atoms with Gasteiger partial charge in [0.05, 0.1) is 5.02 Å². The molecule has 4 rings (SSSR count). The van der Waals surface area contributed by atoms with Crippen LogP contribution >= 0.6 is 11.6 Å². The van der Waals surface area contributed by atoms with Crippen molar-refractivity contribution in [3.63, 3.8) is 0 Å². The summed E-state index contributed by atoms with van der Waals surface area (Å²) in [5.74, 6) is 1.02. The van der Waals surface area contributed by atoms with Gasteiger partial charge in [0.25, 0.3) is 11.8 Å². The molecule has 0 radical (unpaired) electrons. The summed E-state index contributed by atoms with van der Waals surface area (Å²) in [5, 5.41) is 2.82. The van der Waals surface area contributed by atoms with Crippen molar-refractivity contribution >= 4 is 23.3 Å². The van der Waals surface area contributed by atoms with Gasteiger partial charge in [0.1, 0.15) is 11.6 Å². The van der Waals surface area contributed by atoms with E-state index >= 15 is 0 Å². The first kappa shape index (κ1) is 21.1. The highest BCUT2D eigenvalue weighted by atomic mass is 35.5. The van der Waals surface area contributed by atoms with E-state index in [2.05, 4.69) is 20.2 Å². The van der Waals surface area contributed by atoms with Crippen LogP contribution in [0, 0.1) is 5.82 Å². The molecule has 1 aliphatic heterocycles. The van der Waals surface area contributed by atoms with Crippen LogP contribution in [0.25, 0.3) is 0 Å². The van der Waals surface area contributed by atoms with E-state index in [-0.39, 0.29) is 17.5 Å². The Morgan fingerprint density at radius 2 is 1.81 bits per heavy atom. The Morgan fingerprint density at radius 3 is 2.55 bits per heavy atom. The Balaban J connectivity index is 1.39. The Labute approximate surface area is 185 Å². The second-order valence-electron chi connectivity index (χ2n) is 7.29. The van der Waals surface area contributed by atoms with Gasteiger partial charge in [0.15, 0.2) is 5.82 Å². The van der Waals surface area contributed by atoms with E-state index in [1.54, 1.807) is 42.7 Å². The van der Waals surface area contributed by atoms with Crippen LogP contribution in [0.5, 0.6) is 11.6 Å². The number of rotatable bonds is 6. The van der Waals surface area contributed by atoms with Crippen LogP contribution in [0.3, 0.4) is 0 Å². The maximum absolute atomic E-state index is 13.2. The maximum Gasteiger partial charge on any atom is 0.263 e. The number of halogens is 2. The molecule has 6 nitrogen and oxygen atoms in total. The summed E-state index contributed by atoms with van der Waals surface area (Å²) < 4.78 is 19.2. The van der Waals surface area contributed by atoms with Crippen LogP contribution in [-0.4, -0.2) is 29.0 Å². The highest BCUT2D eigenvalue weighted by Crippen LogP contribution is 2.29. The summed E-state index contributed by atoms with van der Waals surface area (Å²) in [4.78, 5) is 23.4. The third kappa shape index (κ3) is 5.30. The Kier molecular flexibility index (Phi) is 6.62. The molecule has 160 valence electrons. The minimum absolute atomic E-state index is 0.0289. The van der Waals surface area contributed by atoms with Crippen molar-refractivity contribution in [2.24, 2.45) is 0 Å². The number of hydrogen-bond donors (Lipinski definition) is 1. The largest absolute Gasteiger partial charge is 0.436 e. The fraction of sp³-hybridized carbons (Fsp3) is 0.261. The fourth-order valence-corrected chi connectivity index (χ4v) is 3.64. The molecule has 31 heavy (non-hydrogen) atoms. The lowest BCUT2D eigenvalue weighted by Crippen LogP contribution is -2.30. The normalized spacial score (nSPS) is 13.7. The topological polar surface area (TPSA) is 67.3 Å². The molecule has 1 N–H and O–H groups in total. The average molecular weight is 441 g/mol. The van der Waals surface area contributed by atoms with Gasteiger partial charge < -0.3 is 15.0 Å². The molecule has 1 fully saturated rings. The van der Waals surface area contributed by atoms with Gasteiger partial charge in [-0.2, -0.15) is 0 Å². The summed E-state index contributed by atoms with van der Waals surface area (Å²) in [6.07, 6.45) is 6.75. The Bertz CT molecular complexity index is 1060. The van der Waals surface area contributed by atoms with Gasteiger partial charge in [-0.05, 0) is 61.2 Å². The van der Waals surface area contributed by atoms with Crippen LogP contribution in [-0.2, 0) is 6.54 Å². The van der Waals surface area contributed by atoms with Crippen LogP contribution in [0.15, 0.2) is 54.9 Å². The lowest BCUT2D eigenvalue weighted by atomic mass is 10.1. The quantitative estimate of drug-likeness (QED) is 0.585. The zero-order valence-electron chi connectivity index (χ0n) is 16.9. The van der Waals surface area contributed by atoms with Crippen molar-refractivity contribution in [1.29, 1.82) is 0 Å². The van der Waals surface area contributed by atoms with Crippen molar-refractivity contribution in [2.75, 3.05) is 18.0 Å². The zero-order valence-corrected chi connectivity index (χ0v) is 17.6. The van der Waals surface area contributed by atoms with Crippen molar-refractivity contribution in [3.8, 4) is 11.6 Å². The number of benzene rings is 2. The Morgan fingerprint density at radius 1 is 1.06 bits per heavy atom. The molecule has 1 amide bonds. The molecule has 1 saturated heterocycles. The van der Waals surface area contributed by atoms with E-state index in [9.17, 15) is 9.18 Å². The number of ether oxygens (including phenoxy) is 1. The number of nitrogens with one attached hydrogen (secondary N) is 1. The molecular formula is C23H22ClFN4O2. The number of carbonyl (C=O) groups excluding carboxylic acids is 1. The molecule has 3 aromatic rings. The van der Waals surface area contributed by atoms with Crippen molar-refractivity contribution < 1.29 is 13.9 Å². The molecule has 2 heterocycles. The zero-order chi connectivity index (χ0) is 21.6. The molecule has 0 spiro atoms. The molecule has 0 aliphatic carbocycles. The number of aromatic nitrogens is 2. The van der Waals surface area contributed by atoms with E-state index in [1.807, 2.05) is 0 Å². The SMILES string of the molecule is O=C(NCc1ccc(F)c(Cl)c1)c1ccc(Oc2nccnc2N2CCCCC2)cc1. The summed E-state index contributed by atoms with van der Waals surface area (Å²) in [6.45, 7) is 2.12. The lowest BCUT2D eigenvalue weighted by Gasteiger charge is -2.28. The predicted octanol–water partition coefficient (Wildman–Crippen LogP) is 4.98. The predicted molar refractivity (Wildman–Crippen MR) is 117 cm³/mol. The minimum Gasteiger partial charge on any atom is -0.436 e. The number of anilines is 1. The minimum atomic E-state index is -0.487.